The Kier molecular flexibility index (Phi) is 4.06. The monoisotopic (exact) mass is 324 g/mol. The number of aromatic amines is 2. The van der Waals surface area contributed by atoms with Gasteiger partial charge in [0.1, 0.15) is 18.0 Å². The summed E-state index contributed by atoms with van der Waals surface area (Å²) in [6, 6.07) is 4.29. The largest absolute Gasteiger partial charge is 0.342 e. The lowest BCUT2D eigenvalue weighted by molar-refractivity contribution is 0.205. The van der Waals surface area contributed by atoms with Crippen LogP contribution in [0.1, 0.15) is 41.5 Å². The molecule has 0 amide bonds. The van der Waals surface area contributed by atoms with Crippen LogP contribution >= 0.6 is 0 Å². The van der Waals surface area contributed by atoms with Gasteiger partial charge in [-0.05, 0) is 50.4 Å². The highest BCUT2D eigenvalue weighted by molar-refractivity contribution is 5.79. The normalized spacial score (nSPS) is 19.2. The zero-order valence-corrected chi connectivity index (χ0v) is 14.3. The molecule has 2 N–H and O–H groups in total. The molecule has 4 rings (SSSR count). The van der Waals surface area contributed by atoms with Crippen molar-refractivity contribution in [1.29, 1.82) is 0 Å². The Balaban J connectivity index is 1.42. The van der Waals surface area contributed by atoms with Crippen molar-refractivity contribution in [2.45, 2.75) is 39.0 Å². The number of benzene rings is 1. The van der Waals surface area contributed by atoms with E-state index in [2.05, 4.69) is 51.0 Å². The van der Waals surface area contributed by atoms with E-state index in [1.165, 1.54) is 24.0 Å². The zero-order valence-electron chi connectivity index (χ0n) is 14.3. The first-order valence-electron chi connectivity index (χ1n) is 8.73. The molecule has 1 unspecified atom stereocenters. The van der Waals surface area contributed by atoms with Gasteiger partial charge < -0.3 is 9.88 Å². The van der Waals surface area contributed by atoms with Crippen LogP contribution in [0.25, 0.3) is 11.0 Å². The Morgan fingerprint density at radius 2 is 2.21 bits per heavy atom. The number of fused-ring (bicyclic) bond motifs is 1. The Morgan fingerprint density at radius 3 is 3.04 bits per heavy atom. The molecule has 3 heterocycles. The van der Waals surface area contributed by atoms with Crippen LogP contribution in [0.4, 0.5) is 0 Å². The molecule has 0 spiro atoms. The fourth-order valence-electron chi connectivity index (χ4n) is 3.64. The summed E-state index contributed by atoms with van der Waals surface area (Å²) >= 11 is 0. The van der Waals surface area contributed by atoms with Gasteiger partial charge in [-0.25, -0.2) is 9.97 Å². The first-order chi connectivity index (χ1) is 11.7. The molecule has 2 aromatic heterocycles. The number of H-pyrrole nitrogens is 2. The fraction of sp³-hybridized carbons (Fsp3) is 0.500. The number of hydrogen-bond donors (Lipinski definition) is 2. The summed E-state index contributed by atoms with van der Waals surface area (Å²) in [5, 5.41) is 7.01. The van der Waals surface area contributed by atoms with Crippen LogP contribution in [0, 0.1) is 13.8 Å². The molecule has 6 nitrogen and oxygen atoms in total. The Labute approximate surface area is 141 Å². The van der Waals surface area contributed by atoms with Crippen LogP contribution in [0.15, 0.2) is 18.5 Å². The molecule has 24 heavy (non-hydrogen) atoms. The number of aryl methyl sites for hydroxylation is 2. The highest BCUT2D eigenvalue weighted by Crippen LogP contribution is 2.24. The molecule has 0 radical (unpaired) electrons. The highest BCUT2D eigenvalue weighted by Gasteiger charge is 2.23. The first-order valence-corrected chi connectivity index (χ1v) is 8.73. The van der Waals surface area contributed by atoms with E-state index in [9.17, 15) is 0 Å². The van der Waals surface area contributed by atoms with Crippen molar-refractivity contribution in [2.24, 2.45) is 0 Å². The van der Waals surface area contributed by atoms with Gasteiger partial charge in [0.05, 0.1) is 11.0 Å². The lowest BCUT2D eigenvalue weighted by Crippen LogP contribution is -2.36. The number of imidazole rings is 1. The van der Waals surface area contributed by atoms with E-state index < -0.39 is 0 Å². The minimum atomic E-state index is 0.474. The van der Waals surface area contributed by atoms with Gasteiger partial charge in [0.25, 0.3) is 0 Å². The van der Waals surface area contributed by atoms with Crippen molar-refractivity contribution >= 4 is 11.0 Å². The Hall–Kier alpha value is -2.21. The van der Waals surface area contributed by atoms with Gasteiger partial charge in [0, 0.05) is 25.4 Å². The summed E-state index contributed by atoms with van der Waals surface area (Å²) in [5.74, 6) is 2.58. The molecule has 1 aromatic carbocycles. The van der Waals surface area contributed by atoms with Gasteiger partial charge in [-0.15, -0.1) is 0 Å². The van der Waals surface area contributed by atoms with Gasteiger partial charge in [0.2, 0.25) is 0 Å². The van der Waals surface area contributed by atoms with Crippen molar-refractivity contribution < 1.29 is 0 Å². The Bertz CT molecular complexity index is 820. The van der Waals surface area contributed by atoms with Crippen LogP contribution in [-0.2, 0) is 6.42 Å². The number of piperidine rings is 1. The predicted octanol–water partition coefficient (Wildman–Crippen LogP) is 2.72. The lowest BCUT2D eigenvalue weighted by Gasteiger charge is -2.31. The summed E-state index contributed by atoms with van der Waals surface area (Å²) in [6.45, 7) is 7.52. The maximum absolute atomic E-state index is 4.82. The van der Waals surface area contributed by atoms with E-state index in [4.69, 9.17) is 4.98 Å². The van der Waals surface area contributed by atoms with Gasteiger partial charge >= 0.3 is 0 Å². The molecule has 1 aliphatic heterocycles. The summed E-state index contributed by atoms with van der Waals surface area (Å²) < 4.78 is 0. The van der Waals surface area contributed by atoms with Gasteiger partial charge in [-0.2, -0.15) is 5.10 Å². The van der Waals surface area contributed by atoms with E-state index >= 15 is 0 Å². The molecule has 0 aliphatic carbocycles. The van der Waals surface area contributed by atoms with Crippen LogP contribution in [0.2, 0.25) is 0 Å². The molecule has 1 saturated heterocycles. The summed E-state index contributed by atoms with van der Waals surface area (Å²) in [6.07, 6.45) is 4.96. The van der Waals surface area contributed by atoms with Crippen LogP contribution in [0.3, 0.4) is 0 Å². The SMILES string of the molecule is Cc1ccc2[nH]c(CCN3CCCC(c4ncn[nH]4)C3)nc2c1C. The smallest absolute Gasteiger partial charge is 0.137 e. The molecule has 1 fully saturated rings. The third kappa shape index (κ3) is 2.94. The lowest BCUT2D eigenvalue weighted by atomic mass is 9.97. The molecular weight excluding hydrogens is 300 g/mol. The van der Waals surface area contributed by atoms with Crippen molar-refractivity contribution in [3.8, 4) is 0 Å². The molecule has 6 heteroatoms. The number of hydrogen-bond acceptors (Lipinski definition) is 4. The second-order valence-electron chi connectivity index (χ2n) is 6.85. The van der Waals surface area contributed by atoms with Crippen LogP contribution in [-0.4, -0.2) is 49.7 Å². The van der Waals surface area contributed by atoms with Crippen LogP contribution < -0.4 is 0 Å². The third-order valence-electron chi connectivity index (χ3n) is 5.22. The van der Waals surface area contributed by atoms with E-state index in [0.29, 0.717) is 5.92 Å². The van der Waals surface area contributed by atoms with Crippen molar-refractivity contribution in [1.82, 2.24) is 30.0 Å². The van der Waals surface area contributed by atoms with Crippen molar-refractivity contribution in [2.75, 3.05) is 19.6 Å². The molecule has 3 aromatic rings. The summed E-state index contributed by atoms with van der Waals surface area (Å²) in [4.78, 5) is 15.1. The van der Waals surface area contributed by atoms with Gasteiger partial charge in [-0.1, -0.05) is 6.07 Å². The fourth-order valence-corrected chi connectivity index (χ4v) is 3.64. The van der Waals surface area contributed by atoms with Crippen molar-refractivity contribution in [3.05, 3.63) is 41.2 Å². The van der Waals surface area contributed by atoms with E-state index in [1.807, 2.05) is 0 Å². The second-order valence-corrected chi connectivity index (χ2v) is 6.85. The summed E-state index contributed by atoms with van der Waals surface area (Å²) in [7, 11) is 0. The topological polar surface area (TPSA) is 73.5 Å². The first kappa shape index (κ1) is 15.3. The predicted molar refractivity (Wildman–Crippen MR) is 94.1 cm³/mol. The Morgan fingerprint density at radius 1 is 1.29 bits per heavy atom. The maximum atomic E-state index is 4.82. The van der Waals surface area contributed by atoms with Crippen LogP contribution in [0.5, 0.6) is 0 Å². The van der Waals surface area contributed by atoms with E-state index in [-0.39, 0.29) is 0 Å². The van der Waals surface area contributed by atoms with E-state index in [1.54, 1.807) is 6.33 Å². The second kappa shape index (κ2) is 6.36. The highest BCUT2D eigenvalue weighted by atomic mass is 15.2. The molecule has 126 valence electrons. The minimum Gasteiger partial charge on any atom is -0.342 e. The molecular formula is C18H24N6. The summed E-state index contributed by atoms with van der Waals surface area (Å²) in [5.41, 5.74) is 4.83. The quantitative estimate of drug-likeness (QED) is 0.774. The average Bonchev–Trinajstić information content (AvgIpc) is 3.26. The van der Waals surface area contributed by atoms with E-state index in [0.717, 1.165) is 48.7 Å². The standard InChI is InChI=1S/C18H24N6/c1-12-5-6-15-17(13(12)2)22-16(21-15)7-9-24-8-3-4-14(10-24)18-19-11-20-23-18/h5-6,11,14H,3-4,7-10H2,1-2H3,(H,21,22)(H,19,20,23). The molecule has 0 saturated carbocycles. The number of aromatic nitrogens is 5. The van der Waals surface area contributed by atoms with Crippen molar-refractivity contribution in [3.63, 3.8) is 0 Å². The average molecular weight is 324 g/mol. The maximum Gasteiger partial charge on any atom is 0.137 e. The molecule has 0 bridgehead atoms. The minimum absolute atomic E-state index is 0.474. The number of nitrogens with one attached hydrogen (secondary N) is 2. The number of rotatable bonds is 4. The number of nitrogens with zero attached hydrogens (tertiary/aromatic N) is 4. The zero-order chi connectivity index (χ0) is 16.5. The number of likely N-dealkylation sites (tertiary alicyclic amines) is 1. The van der Waals surface area contributed by atoms with Gasteiger partial charge in [0.15, 0.2) is 0 Å². The van der Waals surface area contributed by atoms with Gasteiger partial charge in [-0.3, -0.25) is 5.10 Å². The third-order valence-corrected chi connectivity index (χ3v) is 5.22. The molecule has 1 atom stereocenters. The molecule has 1 aliphatic rings.